The standard InChI is InChI=1S/C80H136NO8P/c1-6-8-10-12-14-16-18-20-22-24-26-28-30-32-34-36-37-38-39-40-41-42-43-45-47-49-51-53-55-57-59-61-63-65-67-69-71-73-80(83)89-78(77-88-90(84,85)87-75-74-81(3,4)5)76-86-79(82)72-70-68-66-64-62-60-58-56-54-52-50-48-46-44-35-33-31-29-27-25-23-21-19-17-15-13-11-9-7-2/h8-11,14-17,20-23,26-29,32-35,37-38,40-41,78H,6-7,12-13,18-19,24-25,30-31,36,39,42-77H2,1-5H3/p+1/b10-8-,11-9-,16-14-,17-15-,22-20-,23-21-,28-26-,29-27-,34-32-,35-33-,38-37-,41-40-. The van der Waals surface area contributed by atoms with E-state index < -0.39 is 26.5 Å². The number of rotatable bonds is 66. The number of quaternary nitrogens is 1. The number of phosphoric ester groups is 1. The van der Waals surface area contributed by atoms with Gasteiger partial charge in [0.1, 0.15) is 19.8 Å². The maximum absolute atomic E-state index is 12.9. The van der Waals surface area contributed by atoms with Gasteiger partial charge in [-0.05, 0) is 116 Å². The van der Waals surface area contributed by atoms with Crippen LogP contribution >= 0.6 is 7.82 Å². The van der Waals surface area contributed by atoms with Crippen LogP contribution < -0.4 is 0 Å². The van der Waals surface area contributed by atoms with Crippen LogP contribution in [0.15, 0.2) is 146 Å². The summed E-state index contributed by atoms with van der Waals surface area (Å²) in [6, 6.07) is 0. The van der Waals surface area contributed by atoms with Crippen LogP contribution in [0.5, 0.6) is 0 Å². The number of hydrogen-bond donors (Lipinski definition) is 1. The van der Waals surface area contributed by atoms with Crippen molar-refractivity contribution in [3.05, 3.63) is 146 Å². The summed E-state index contributed by atoms with van der Waals surface area (Å²) in [5.74, 6) is -0.797. The van der Waals surface area contributed by atoms with Crippen LogP contribution in [0.3, 0.4) is 0 Å². The minimum atomic E-state index is -4.40. The van der Waals surface area contributed by atoms with Crippen LogP contribution in [0.4, 0.5) is 0 Å². The number of unbranched alkanes of at least 4 members (excludes halogenated alkanes) is 28. The summed E-state index contributed by atoms with van der Waals surface area (Å²) in [6.07, 6.45) is 102. The van der Waals surface area contributed by atoms with Crippen LogP contribution in [-0.4, -0.2) is 74.9 Å². The molecule has 0 radical (unpaired) electrons. The lowest BCUT2D eigenvalue weighted by Gasteiger charge is -2.24. The number of esters is 2. The Kier molecular flexibility index (Phi) is 66.1. The zero-order valence-electron chi connectivity index (χ0n) is 58.6. The molecule has 0 fully saturated rings. The van der Waals surface area contributed by atoms with Gasteiger partial charge >= 0.3 is 19.8 Å². The van der Waals surface area contributed by atoms with Gasteiger partial charge in [-0.15, -0.1) is 0 Å². The largest absolute Gasteiger partial charge is 0.472 e. The quantitative estimate of drug-likeness (QED) is 0.0211. The van der Waals surface area contributed by atoms with E-state index in [9.17, 15) is 19.0 Å². The van der Waals surface area contributed by atoms with E-state index in [-0.39, 0.29) is 32.0 Å². The summed E-state index contributed by atoms with van der Waals surface area (Å²) in [6.45, 7) is 4.22. The Labute approximate surface area is 554 Å². The monoisotopic (exact) mass is 1270 g/mol. The van der Waals surface area contributed by atoms with Gasteiger partial charge in [-0.1, -0.05) is 314 Å². The molecule has 0 spiro atoms. The summed E-state index contributed by atoms with van der Waals surface area (Å²) < 4.78 is 34.8. The molecule has 514 valence electrons. The first-order valence-electron chi connectivity index (χ1n) is 36.6. The first-order chi connectivity index (χ1) is 44.0. The van der Waals surface area contributed by atoms with Gasteiger partial charge in [0, 0.05) is 12.8 Å². The zero-order valence-corrected chi connectivity index (χ0v) is 59.5. The molecule has 0 aromatic carbocycles. The smallest absolute Gasteiger partial charge is 0.462 e. The molecule has 0 aliphatic carbocycles. The number of hydrogen-bond acceptors (Lipinski definition) is 7. The summed E-state index contributed by atoms with van der Waals surface area (Å²) in [7, 11) is 1.47. The first kappa shape index (κ1) is 85.9. The molecule has 0 aromatic heterocycles. The molecule has 0 aliphatic heterocycles. The topological polar surface area (TPSA) is 108 Å². The Morgan fingerprint density at radius 2 is 0.600 bits per heavy atom. The van der Waals surface area contributed by atoms with Crippen LogP contribution in [0.25, 0.3) is 0 Å². The van der Waals surface area contributed by atoms with Gasteiger partial charge in [0.2, 0.25) is 0 Å². The lowest BCUT2D eigenvalue weighted by molar-refractivity contribution is -0.870. The van der Waals surface area contributed by atoms with Crippen molar-refractivity contribution >= 4 is 19.8 Å². The molecule has 2 unspecified atom stereocenters. The number of allylic oxidation sites excluding steroid dienone is 24. The van der Waals surface area contributed by atoms with E-state index in [1.165, 1.54) is 148 Å². The molecule has 10 heteroatoms. The Morgan fingerprint density at radius 3 is 0.889 bits per heavy atom. The second-order valence-electron chi connectivity index (χ2n) is 25.2. The average Bonchev–Trinajstić information content (AvgIpc) is 3.58. The molecular weight excluding hydrogens is 1130 g/mol. The number of carbonyl (C=O) groups excluding carboxylic acids is 2. The Bertz CT molecular complexity index is 2030. The fourth-order valence-corrected chi connectivity index (χ4v) is 10.6. The minimum absolute atomic E-state index is 0.0265. The second kappa shape index (κ2) is 69.2. The van der Waals surface area contributed by atoms with Gasteiger partial charge in [0.05, 0.1) is 27.7 Å². The van der Waals surface area contributed by atoms with Crippen molar-refractivity contribution in [2.45, 2.75) is 302 Å². The summed E-state index contributed by atoms with van der Waals surface area (Å²) in [5, 5.41) is 0. The van der Waals surface area contributed by atoms with E-state index in [1.54, 1.807) is 0 Å². The molecule has 0 saturated heterocycles. The van der Waals surface area contributed by atoms with Gasteiger partial charge in [-0.25, -0.2) is 4.57 Å². The fraction of sp³-hybridized carbons (Fsp3) is 0.675. The number of nitrogens with zero attached hydrogens (tertiary/aromatic N) is 1. The molecule has 90 heavy (non-hydrogen) atoms. The third kappa shape index (κ3) is 72.9. The van der Waals surface area contributed by atoms with Crippen molar-refractivity contribution in [1.29, 1.82) is 0 Å². The third-order valence-electron chi connectivity index (χ3n) is 15.4. The van der Waals surface area contributed by atoms with Crippen molar-refractivity contribution < 1.29 is 42.1 Å². The number of carbonyl (C=O) groups is 2. The molecule has 1 N–H and O–H groups in total. The van der Waals surface area contributed by atoms with Crippen molar-refractivity contribution in [3.63, 3.8) is 0 Å². The number of ether oxygens (including phenoxy) is 2. The molecule has 0 aromatic rings. The van der Waals surface area contributed by atoms with E-state index in [2.05, 4.69) is 160 Å². The highest BCUT2D eigenvalue weighted by Crippen LogP contribution is 2.43. The zero-order chi connectivity index (χ0) is 65.5. The fourth-order valence-electron chi connectivity index (χ4n) is 9.85. The maximum Gasteiger partial charge on any atom is 0.472 e. The maximum atomic E-state index is 12.9. The van der Waals surface area contributed by atoms with E-state index >= 15 is 0 Å². The molecule has 0 amide bonds. The second-order valence-corrected chi connectivity index (χ2v) is 26.7. The minimum Gasteiger partial charge on any atom is -0.462 e. The van der Waals surface area contributed by atoms with Gasteiger partial charge in [-0.3, -0.25) is 18.6 Å². The molecule has 0 heterocycles. The highest BCUT2D eigenvalue weighted by molar-refractivity contribution is 7.47. The predicted molar refractivity (Wildman–Crippen MR) is 390 cm³/mol. The average molecular weight is 1270 g/mol. The van der Waals surface area contributed by atoms with Gasteiger partial charge in [0.15, 0.2) is 6.10 Å². The lowest BCUT2D eigenvalue weighted by atomic mass is 10.0. The molecule has 9 nitrogen and oxygen atoms in total. The number of likely N-dealkylation sites (N-methyl/N-ethyl adjacent to an activating group) is 1. The highest BCUT2D eigenvalue weighted by Gasteiger charge is 2.27. The van der Waals surface area contributed by atoms with E-state index in [1.807, 2.05) is 21.1 Å². The van der Waals surface area contributed by atoms with Crippen molar-refractivity contribution in [2.75, 3.05) is 47.5 Å². The molecule has 0 bridgehead atoms. The predicted octanol–water partition coefficient (Wildman–Crippen LogP) is 24.2. The van der Waals surface area contributed by atoms with Crippen LogP contribution in [0.2, 0.25) is 0 Å². The Balaban J connectivity index is 4.04. The van der Waals surface area contributed by atoms with Gasteiger partial charge < -0.3 is 18.9 Å². The van der Waals surface area contributed by atoms with Crippen LogP contribution in [0.1, 0.15) is 296 Å². The summed E-state index contributed by atoms with van der Waals surface area (Å²) in [5.41, 5.74) is 0. The summed E-state index contributed by atoms with van der Waals surface area (Å²) >= 11 is 0. The van der Waals surface area contributed by atoms with Crippen molar-refractivity contribution in [1.82, 2.24) is 0 Å². The molecule has 0 saturated carbocycles. The SMILES string of the molecule is CC/C=C\C/C=C\C/C=C\C/C=C\C/C=C\C/C=C\C/C=C\CCCCCCCCCCCCCCCCCC(=O)OC(COC(=O)CCCCCCCCCCCCCCC/C=C\C/C=C\C/C=C\C/C=C\C/C=C\CC)COP(=O)(O)OCC[N+](C)(C)C. The third-order valence-corrected chi connectivity index (χ3v) is 16.3. The molecule has 2 atom stereocenters. The first-order valence-corrected chi connectivity index (χ1v) is 38.1. The highest BCUT2D eigenvalue weighted by atomic mass is 31.2. The molecular formula is C80H137NO8P+. The van der Waals surface area contributed by atoms with Crippen molar-refractivity contribution in [2.24, 2.45) is 0 Å². The van der Waals surface area contributed by atoms with Crippen LogP contribution in [-0.2, 0) is 32.7 Å². The normalized spacial score (nSPS) is 14.0. The summed E-state index contributed by atoms with van der Waals surface area (Å²) in [4.78, 5) is 35.9. The van der Waals surface area contributed by atoms with E-state index in [0.29, 0.717) is 17.4 Å². The van der Waals surface area contributed by atoms with E-state index in [0.717, 1.165) is 116 Å². The Morgan fingerprint density at radius 1 is 0.344 bits per heavy atom. The molecule has 0 aliphatic rings. The van der Waals surface area contributed by atoms with Crippen LogP contribution in [0, 0.1) is 0 Å². The van der Waals surface area contributed by atoms with Gasteiger partial charge in [-0.2, -0.15) is 0 Å². The van der Waals surface area contributed by atoms with Gasteiger partial charge in [0.25, 0.3) is 0 Å². The Hall–Kier alpha value is -4.11. The number of phosphoric acid groups is 1. The molecule has 0 rings (SSSR count). The lowest BCUT2D eigenvalue weighted by Crippen LogP contribution is -2.37. The van der Waals surface area contributed by atoms with Crippen molar-refractivity contribution in [3.8, 4) is 0 Å². The van der Waals surface area contributed by atoms with E-state index in [4.69, 9.17) is 18.5 Å².